The molecule has 3 rings (SSSR count). The zero-order chi connectivity index (χ0) is 19.8. The van der Waals surface area contributed by atoms with Gasteiger partial charge >= 0.3 is 6.18 Å². The number of benzene rings is 3. The average Bonchev–Trinajstić information content (AvgIpc) is 2.71. The van der Waals surface area contributed by atoms with Gasteiger partial charge in [-0.2, -0.15) is 13.2 Å². The van der Waals surface area contributed by atoms with Crippen LogP contribution in [0.25, 0.3) is 0 Å². The lowest BCUT2D eigenvalue weighted by atomic mass is 10.1. The third kappa shape index (κ3) is 5.63. The van der Waals surface area contributed by atoms with Gasteiger partial charge in [-0.3, -0.25) is 0 Å². The predicted molar refractivity (Wildman–Crippen MR) is 101 cm³/mol. The highest BCUT2D eigenvalue weighted by atomic mass is 19.4. The maximum atomic E-state index is 12.8. The van der Waals surface area contributed by atoms with Gasteiger partial charge in [0, 0.05) is 5.56 Å². The van der Waals surface area contributed by atoms with Crippen LogP contribution in [0.15, 0.2) is 78.9 Å². The smallest absolute Gasteiger partial charge is 0.416 e. The Morgan fingerprint density at radius 1 is 0.786 bits per heavy atom. The van der Waals surface area contributed by atoms with E-state index in [0.29, 0.717) is 17.9 Å². The highest BCUT2D eigenvalue weighted by Gasteiger charge is 2.30. The van der Waals surface area contributed by atoms with Crippen LogP contribution in [0.3, 0.4) is 0 Å². The van der Waals surface area contributed by atoms with Gasteiger partial charge in [0.2, 0.25) is 0 Å². The molecule has 0 aromatic heterocycles. The molecule has 0 aliphatic carbocycles. The van der Waals surface area contributed by atoms with E-state index in [0.717, 1.165) is 17.7 Å². The van der Waals surface area contributed by atoms with Crippen LogP contribution in [0.4, 0.5) is 13.2 Å². The Morgan fingerprint density at radius 2 is 1.54 bits per heavy atom. The van der Waals surface area contributed by atoms with Crippen LogP contribution in [0.5, 0.6) is 5.75 Å². The van der Waals surface area contributed by atoms with Gasteiger partial charge in [-0.15, -0.1) is 0 Å². The molecule has 0 saturated heterocycles. The highest BCUT2D eigenvalue weighted by molar-refractivity contribution is 5.50. The molecule has 0 heterocycles. The third-order valence-electron chi connectivity index (χ3n) is 3.83. The van der Waals surface area contributed by atoms with Crippen LogP contribution in [-0.2, 0) is 17.5 Å². The number of halogens is 3. The number of para-hydroxylation sites is 1. The summed E-state index contributed by atoms with van der Waals surface area (Å²) in [6, 6.07) is 21.7. The molecule has 0 aliphatic rings. The first-order valence-electron chi connectivity index (χ1n) is 8.55. The van der Waals surface area contributed by atoms with E-state index in [1.54, 1.807) is 24.3 Å². The van der Waals surface area contributed by atoms with Gasteiger partial charge in [0.1, 0.15) is 5.75 Å². The number of hydrogen-bond donors (Lipinski definition) is 0. The van der Waals surface area contributed by atoms with Gasteiger partial charge in [-0.25, -0.2) is 0 Å². The zero-order valence-electron chi connectivity index (χ0n) is 14.9. The Morgan fingerprint density at radius 3 is 2.32 bits per heavy atom. The second-order valence-corrected chi connectivity index (χ2v) is 5.92. The van der Waals surface area contributed by atoms with Crippen molar-refractivity contribution in [1.82, 2.24) is 0 Å². The molecular weight excluding hydrogens is 365 g/mol. The quantitative estimate of drug-likeness (QED) is 0.322. The Bertz CT molecular complexity index is 970. The van der Waals surface area contributed by atoms with E-state index in [2.05, 4.69) is 11.8 Å². The maximum Gasteiger partial charge on any atom is 0.416 e. The fraction of sp³-hybridized carbons (Fsp3) is 0.130. The van der Waals surface area contributed by atoms with E-state index in [1.807, 2.05) is 30.3 Å². The summed E-state index contributed by atoms with van der Waals surface area (Å²) in [5.41, 5.74) is 1.16. The molecule has 2 nitrogen and oxygen atoms in total. The van der Waals surface area contributed by atoms with Crippen molar-refractivity contribution in [2.45, 2.75) is 12.8 Å². The van der Waals surface area contributed by atoms with Gasteiger partial charge in [0.15, 0.2) is 6.79 Å². The van der Waals surface area contributed by atoms with Gasteiger partial charge in [-0.1, -0.05) is 60.4 Å². The first kappa shape index (κ1) is 19.5. The van der Waals surface area contributed by atoms with E-state index in [-0.39, 0.29) is 12.4 Å². The minimum absolute atomic E-state index is 0.0388. The molecule has 28 heavy (non-hydrogen) atoms. The maximum absolute atomic E-state index is 12.8. The Labute approximate surface area is 161 Å². The van der Waals surface area contributed by atoms with E-state index < -0.39 is 11.7 Å². The van der Waals surface area contributed by atoms with Crippen molar-refractivity contribution in [3.8, 4) is 17.6 Å². The van der Waals surface area contributed by atoms with E-state index in [1.165, 1.54) is 12.1 Å². The van der Waals surface area contributed by atoms with Gasteiger partial charge in [0.05, 0.1) is 17.7 Å². The van der Waals surface area contributed by atoms with Gasteiger partial charge < -0.3 is 9.47 Å². The normalized spacial score (nSPS) is 10.8. The molecule has 0 fully saturated rings. The SMILES string of the molecule is FC(F)(F)c1cccc(C#Cc2ccccc2OCOCc2ccccc2)c1. The summed E-state index contributed by atoms with van der Waals surface area (Å²) in [5.74, 6) is 6.14. The van der Waals surface area contributed by atoms with Gasteiger partial charge in [-0.05, 0) is 35.9 Å². The lowest BCUT2D eigenvalue weighted by molar-refractivity contribution is -0.137. The van der Waals surface area contributed by atoms with Crippen molar-refractivity contribution < 1.29 is 22.6 Å². The summed E-state index contributed by atoms with van der Waals surface area (Å²) < 4.78 is 49.5. The van der Waals surface area contributed by atoms with E-state index in [9.17, 15) is 13.2 Å². The first-order chi connectivity index (χ1) is 13.5. The molecule has 142 valence electrons. The topological polar surface area (TPSA) is 18.5 Å². The Hall–Kier alpha value is -3.23. The molecule has 0 bridgehead atoms. The molecule has 0 spiro atoms. The average molecular weight is 382 g/mol. The lowest BCUT2D eigenvalue weighted by Crippen LogP contribution is -2.04. The Kier molecular flexibility index (Phi) is 6.36. The third-order valence-corrected chi connectivity index (χ3v) is 3.83. The van der Waals surface area contributed by atoms with Crippen molar-refractivity contribution in [1.29, 1.82) is 0 Å². The molecule has 0 N–H and O–H groups in total. The second kappa shape index (κ2) is 9.12. The van der Waals surface area contributed by atoms with E-state index in [4.69, 9.17) is 9.47 Å². The molecule has 0 aliphatic heterocycles. The first-order valence-corrected chi connectivity index (χ1v) is 8.55. The summed E-state index contributed by atoms with van der Waals surface area (Å²) in [7, 11) is 0. The molecule has 0 amide bonds. The number of alkyl halides is 3. The van der Waals surface area contributed by atoms with Crippen molar-refractivity contribution in [3.63, 3.8) is 0 Å². The minimum Gasteiger partial charge on any atom is -0.466 e. The summed E-state index contributed by atoms with van der Waals surface area (Å²) >= 11 is 0. The standard InChI is InChI=1S/C23H17F3O2/c24-23(25,26)21-11-6-9-18(15-21)13-14-20-10-4-5-12-22(20)28-17-27-16-19-7-2-1-3-8-19/h1-12,15H,16-17H2. The fourth-order valence-electron chi connectivity index (χ4n) is 2.45. The molecule has 3 aromatic carbocycles. The number of ether oxygens (including phenoxy) is 2. The second-order valence-electron chi connectivity index (χ2n) is 5.92. The van der Waals surface area contributed by atoms with E-state index >= 15 is 0 Å². The predicted octanol–water partition coefficient (Wildman–Crippen LogP) is 5.66. The van der Waals surface area contributed by atoms with Crippen LogP contribution in [-0.4, -0.2) is 6.79 Å². The van der Waals surface area contributed by atoms with Crippen LogP contribution < -0.4 is 4.74 Å². The van der Waals surface area contributed by atoms with Crippen molar-refractivity contribution in [3.05, 3.63) is 101 Å². The van der Waals surface area contributed by atoms with Crippen LogP contribution in [0.2, 0.25) is 0 Å². The van der Waals surface area contributed by atoms with Crippen LogP contribution >= 0.6 is 0 Å². The molecule has 0 unspecified atom stereocenters. The largest absolute Gasteiger partial charge is 0.466 e. The van der Waals surface area contributed by atoms with Gasteiger partial charge in [0.25, 0.3) is 0 Å². The molecule has 3 aromatic rings. The van der Waals surface area contributed by atoms with Crippen LogP contribution in [0.1, 0.15) is 22.3 Å². The molecule has 5 heteroatoms. The molecule has 0 atom stereocenters. The minimum atomic E-state index is -4.39. The summed E-state index contributed by atoms with van der Waals surface area (Å²) in [4.78, 5) is 0. The summed E-state index contributed by atoms with van der Waals surface area (Å²) in [6.07, 6.45) is -4.39. The lowest BCUT2D eigenvalue weighted by Gasteiger charge is -2.09. The number of hydrogen-bond acceptors (Lipinski definition) is 2. The molecular formula is C23H17F3O2. The van der Waals surface area contributed by atoms with Crippen molar-refractivity contribution in [2.75, 3.05) is 6.79 Å². The van der Waals surface area contributed by atoms with Crippen molar-refractivity contribution in [2.24, 2.45) is 0 Å². The highest BCUT2D eigenvalue weighted by Crippen LogP contribution is 2.29. The number of rotatable bonds is 5. The zero-order valence-corrected chi connectivity index (χ0v) is 14.9. The summed E-state index contributed by atoms with van der Waals surface area (Å²) in [5, 5.41) is 0. The Balaban J connectivity index is 1.65. The monoisotopic (exact) mass is 382 g/mol. The summed E-state index contributed by atoms with van der Waals surface area (Å²) in [6.45, 7) is 0.454. The van der Waals surface area contributed by atoms with Crippen molar-refractivity contribution >= 4 is 0 Å². The molecule has 0 radical (unpaired) electrons. The molecule has 0 saturated carbocycles. The fourth-order valence-corrected chi connectivity index (χ4v) is 2.45. The van der Waals surface area contributed by atoms with Crippen LogP contribution in [0, 0.1) is 11.8 Å².